The highest BCUT2D eigenvalue weighted by molar-refractivity contribution is 5.84. The van der Waals surface area contributed by atoms with E-state index in [-0.39, 0.29) is 60.3 Å². The van der Waals surface area contributed by atoms with Crippen LogP contribution in [0.1, 0.15) is 63.3 Å². The maximum Gasteiger partial charge on any atom is 0.239 e. The summed E-state index contributed by atoms with van der Waals surface area (Å²) < 4.78 is 11.4. The number of phenols is 2. The van der Waals surface area contributed by atoms with Crippen LogP contribution in [-0.2, 0) is 20.9 Å². The smallest absolute Gasteiger partial charge is 0.239 e. The third-order valence-corrected chi connectivity index (χ3v) is 7.05. The average Bonchev–Trinajstić information content (AvgIpc) is 2.97. The average molecular weight is 606 g/mol. The van der Waals surface area contributed by atoms with Crippen molar-refractivity contribution in [2.75, 3.05) is 32.9 Å². The fourth-order valence-electron chi connectivity index (χ4n) is 5.10. The summed E-state index contributed by atoms with van der Waals surface area (Å²) in [4.78, 5) is 27.4. The van der Waals surface area contributed by atoms with Crippen molar-refractivity contribution in [2.24, 2.45) is 17.1 Å². The zero-order valence-corrected chi connectivity index (χ0v) is 26.3. The van der Waals surface area contributed by atoms with E-state index in [4.69, 9.17) is 15.2 Å². The first-order valence-electron chi connectivity index (χ1n) is 15.1. The summed E-state index contributed by atoms with van der Waals surface area (Å²) in [7, 11) is 0. The third-order valence-electron chi connectivity index (χ3n) is 7.05. The molecule has 2 atom stereocenters. The van der Waals surface area contributed by atoms with Gasteiger partial charge >= 0.3 is 0 Å². The molecule has 3 rings (SSSR count). The number of carbonyl (C=O) groups is 2. The molecule has 44 heavy (non-hydrogen) atoms. The Labute approximate surface area is 261 Å². The van der Waals surface area contributed by atoms with Gasteiger partial charge in [-0.2, -0.15) is 0 Å². The van der Waals surface area contributed by atoms with Crippen LogP contribution in [0.2, 0.25) is 0 Å². The van der Waals surface area contributed by atoms with Gasteiger partial charge in [0, 0.05) is 19.5 Å². The van der Waals surface area contributed by atoms with Crippen molar-refractivity contribution in [3.8, 4) is 17.2 Å². The molecule has 0 saturated carbocycles. The molecule has 0 aromatic heterocycles. The predicted molar refractivity (Wildman–Crippen MR) is 171 cm³/mol. The number of aromatic hydroxyl groups is 2. The number of phenolic OH excluding ortho intramolecular Hbond substituents is 2. The van der Waals surface area contributed by atoms with Gasteiger partial charge < -0.3 is 35.6 Å². The van der Waals surface area contributed by atoms with Crippen LogP contribution in [-0.4, -0.2) is 59.8 Å². The molecule has 0 spiro atoms. The van der Waals surface area contributed by atoms with Crippen molar-refractivity contribution in [1.82, 2.24) is 10.2 Å². The van der Waals surface area contributed by atoms with Crippen molar-refractivity contribution in [3.05, 3.63) is 89.5 Å². The molecule has 2 unspecified atom stereocenters. The van der Waals surface area contributed by atoms with Crippen molar-refractivity contribution >= 4 is 11.8 Å². The maximum absolute atomic E-state index is 13.2. The van der Waals surface area contributed by atoms with Crippen LogP contribution in [0.25, 0.3) is 0 Å². The molecule has 0 bridgehead atoms. The summed E-state index contributed by atoms with van der Waals surface area (Å²) in [5, 5.41) is 22.3. The minimum atomic E-state index is -0.307. The molecule has 238 valence electrons. The summed E-state index contributed by atoms with van der Waals surface area (Å²) in [6.45, 7) is 9.72. The molecule has 3 aromatic carbocycles. The molecule has 0 aliphatic heterocycles. The minimum absolute atomic E-state index is 0.0803. The molecular weight excluding hydrogens is 558 g/mol. The van der Waals surface area contributed by atoms with Gasteiger partial charge in [0.2, 0.25) is 11.8 Å². The van der Waals surface area contributed by atoms with Crippen LogP contribution < -0.4 is 15.8 Å². The molecule has 3 aromatic rings. The second kappa shape index (κ2) is 16.7. The Kier molecular flexibility index (Phi) is 13.0. The van der Waals surface area contributed by atoms with E-state index in [0.717, 1.165) is 23.3 Å². The predicted octanol–water partition coefficient (Wildman–Crippen LogP) is 5.15. The first-order valence-corrected chi connectivity index (χ1v) is 15.1. The van der Waals surface area contributed by atoms with Crippen LogP contribution in [0.15, 0.2) is 72.8 Å². The fraction of sp³-hybridized carbons (Fsp3) is 0.429. The Hall–Kier alpha value is -4.08. The number of nitrogens with two attached hydrogens (primary N) is 1. The van der Waals surface area contributed by atoms with Gasteiger partial charge in [-0.3, -0.25) is 9.59 Å². The van der Waals surface area contributed by atoms with E-state index in [1.807, 2.05) is 61.5 Å². The molecule has 0 fully saturated rings. The molecule has 0 saturated heterocycles. The lowest BCUT2D eigenvalue weighted by molar-refractivity contribution is -0.137. The van der Waals surface area contributed by atoms with Crippen LogP contribution in [0.5, 0.6) is 17.2 Å². The van der Waals surface area contributed by atoms with E-state index < -0.39 is 0 Å². The van der Waals surface area contributed by atoms with E-state index in [9.17, 15) is 19.8 Å². The summed E-state index contributed by atoms with van der Waals surface area (Å²) in [5.74, 6) is -0.108. The number of nitrogens with zero attached hydrogens (tertiary/aromatic N) is 1. The molecule has 0 heterocycles. The van der Waals surface area contributed by atoms with Crippen molar-refractivity contribution in [1.29, 1.82) is 0 Å². The van der Waals surface area contributed by atoms with Crippen LogP contribution >= 0.6 is 0 Å². The number of carbonyl (C=O) groups excluding carboxylic acids is 2. The molecule has 0 aliphatic carbocycles. The topological polar surface area (TPSA) is 134 Å². The number of hydrogen-bond donors (Lipinski definition) is 4. The molecular formula is C35H47N3O6. The Morgan fingerprint density at radius 2 is 1.59 bits per heavy atom. The monoisotopic (exact) mass is 605 g/mol. The molecule has 0 aliphatic rings. The van der Waals surface area contributed by atoms with Crippen molar-refractivity contribution in [2.45, 2.75) is 53.1 Å². The molecule has 0 radical (unpaired) electrons. The van der Waals surface area contributed by atoms with E-state index in [2.05, 4.69) is 26.1 Å². The van der Waals surface area contributed by atoms with Crippen molar-refractivity contribution in [3.63, 3.8) is 0 Å². The van der Waals surface area contributed by atoms with Gasteiger partial charge in [-0.15, -0.1) is 0 Å². The van der Waals surface area contributed by atoms with Gasteiger partial charge in [0.05, 0.1) is 25.8 Å². The summed E-state index contributed by atoms with van der Waals surface area (Å²) in [6, 6.07) is 21.8. The highest BCUT2D eigenvalue weighted by Gasteiger charge is 2.23. The molecule has 2 amide bonds. The second-order valence-electron chi connectivity index (χ2n) is 12.4. The molecule has 9 heteroatoms. The Morgan fingerprint density at radius 1 is 0.909 bits per heavy atom. The second-order valence-corrected chi connectivity index (χ2v) is 12.4. The highest BCUT2D eigenvalue weighted by Crippen LogP contribution is 2.28. The fourth-order valence-corrected chi connectivity index (χ4v) is 5.10. The largest absolute Gasteiger partial charge is 0.504 e. The van der Waals surface area contributed by atoms with Gasteiger partial charge in [-0.25, -0.2) is 0 Å². The van der Waals surface area contributed by atoms with Gasteiger partial charge in [0.25, 0.3) is 0 Å². The third kappa shape index (κ3) is 11.9. The highest BCUT2D eigenvalue weighted by atomic mass is 16.5. The number of rotatable bonds is 16. The number of benzene rings is 3. The van der Waals surface area contributed by atoms with Crippen LogP contribution in [0, 0.1) is 11.3 Å². The first-order chi connectivity index (χ1) is 20.9. The van der Waals surface area contributed by atoms with Gasteiger partial charge in [0.15, 0.2) is 11.5 Å². The maximum atomic E-state index is 13.2. The lowest BCUT2D eigenvalue weighted by Gasteiger charge is -2.27. The van der Waals surface area contributed by atoms with Gasteiger partial charge in [-0.05, 0) is 58.7 Å². The van der Waals surface area contributed by atoms with E-state index in [0.29, 0.717) is 31.8 Å². The summed E-state index contributed by atoms with van der Waals surface area (Å²) in [6.07, 6.45) is 1.17. The SMILES string of the molecule is CC(CC(=O)N(CC(=O)NCCOCCOc1ccc(C(N)c2ccccc2)cc1)Cc1ccc(O)c(O)c1)CC(C)(C)C. The number of amides is 2. The molecule has 5 N–H and O–H groups in total. The zero-order chi connectivity index (χ0) is 32.1. The number of hydrogen-bond acceptors (Lipinski definition) is 7. The van der Waals surface area contributed by atoms with Crippen LogP contribution in [0.4, 0.5) is 0 Å². The van der Waals surface area contributed by atoms with Gasteiger partial charge in [-0.1, -0.05) is 76.2 Å². The number of nitrogens with one attached hydrogen (secondary N) is 1. The van der Waals surface area contributed by atoms with E-state index in [1.165, 1.54) is 17.0 Å². The van der Waals surface area contributed by atoms with Crippen molar-refractivity contribution < 1.29 is 29.3 Å². The minimum Gasteiger partial charge on any atom is -0.504 e. The number of ether oxygens (including phenoxy) is 2. The molecule has 9 nitrogen and oxygen atoms in total. The first kappa shape index (κ1) is 34.4. The Morgan fingerprint density at radius 3 is 2.25 bits per heavy atom. The van der Waals surface area contributed by atoms with E-state index >= 15 is 0 Å². The standard InChI is InChI=1S/C35H47N3O6/c1-25(22-35(2,3)4)20-33(42)38(23-26-10-15-30(39)31(40)21-26)24-32(41)37-16-17-43-18-19-44-29-13-11-28(12-14-29)34(36)27-8-6-5-7-9-27/h5-15,21,25,34,39-40H,16-20,22-24,36H2,1-4H3,(H,37,41). The van der Waals surface area contributed by atoms with Gasteiger partial charge in [0.1, 0.15) is 12.4 Å². The van der Waals surface area contributed by atoms with Crippen LogP contribution in [0.3, 0.4) is 0 Å². The summed E-state index contributed by atoms with van der Waals surface area (Å²) in [5.41, 5.74) is 9.09. The van der Waals surface area contributed by atoms with E-state index in [1.54, 1.807) is 6.07 Å². The Bertz CT molecular complexity index is 1320. The zero-order valence-electron chi connectivity index (χ0n) is 26.3. The normalized spacial score (nSPS) is 12.8. The Balaban J connectivity index is 1.40. The summed E-state index contributed by atoms with van der Waals surface area (Å²) >= 11 is 0. The lowest BCUT2D eigenvalue weighted by atomic mass is 9.84. The quantitative estimate of drug-likeness (QED) is 0.131. The lowest BCUT2D eigenvalue weighted by Crippen LogP contribution is -2.41.